The molecular weight excluding hydrogens is 252 g/mol. The summed E-state index contributed by atoms with van der Waals surface area (Å²) in [4.78, 5) is 14.7. The summed E-state index contributed by atoms with van der Waals surface area (Å²) >= 11 is 0. The van der Waals surface area contributed by atoms with Crippen molar-refractivity contribution < 1.29 is 4.79 Å². The Morgan fingerprint density at radius 2 is 2.30 bits per heavy atom. The lowest BCUT2D eigenvalue weighted by atomic mass is 10.0. The van der Waals surface area contributed by atoms with Gasteiger partial charge >= 0.3 is 0 Å². The number of hydrogen-bond acceptors (Lipinski definition) is 4. The standard InChI is InChI=1S/C15H24N4O/c1-3-19-8-4-5-13(10-19)17-15(20)12-6-7-14(18-16)11(2)9-12/h6-7,9,13,18H,3-5,8,10,16H2,1-2H3,(H,17,20). The second-order valence-corrected chi connectivity index (χ2v) is 5.38. The maximum absolute atomic E-state index is 12.3. The Labute approximate surface area is 120 Å². The molecule has 1 aliphatic heterocycles. The van der Waals surface area contributed by atoms with E-state index in [9.17, 15) is 4.79 Å². The topological polar surface area (TPSA) is 70.4 Å². The molecular formula is C15H24N4O. The smallest absolute Gasteiger partial charge is 0.251 e. The highest BCUT2D eigenvalue weighted by molar-refractivity contribution is 5.95. The molecule has 5 nitrogen and oxygen atoms in total. The van der Waals surface area contributed by atoms with Gasteiger partial charge in [-0.05, 0) is 56.6 Å². The number of likely N-dealkylation sites (N-methyl/N-ethyl adjacent to an activating group) is 1. The number of carbonyl (C=O) groups excluding carboxylic acids is 1. The number of nitrogens with two attached hydrogens (primary N) is 1. The van der Waals surface area contributed by atoms with Gasteiger partial charge in [-0.3, -0.25) is 10.6 Å². The van der Waals surface area contributed by atoms with Crippen LogP contribution < -0.4 is 16.6 Å². The van der Waals surface area contributed by atoms with Gasteiger partial charge in [0.2, 0.25) is 0 Å². The van der Waals surface area contributed by atoms with Crippen LogP contribution in [0.2, 0.25) is 0 Å². The molecule has 0 bridgehead atoms. The zero-order valence-electron chi connectivity index (χ0n) is 12.3. The highest BCUT2D eigenvalue weighted by Crippen LogP contribution is 2.16. The van der Waals surface area contributed by atoms with Crippen LogP contribution in [0.4, 0.5) is 5.69 Å². The number of hydrogen-bond donors (Lipinski definition) is 3. The predicted molar refractivity (Wildman–Crippen MR) is 81.6 cm³/mol. The third kappa shape index (κ3) is 3.49. The molecule has 1 amide bonds. The summed E-state index contributed by atoms with van der Waals surface area (Å²) in [6, 6.07) is 5.76. The minimum Gasteiger partial charge on any atom is -0.348 e. The molecule has 1 aliphatic rings. The molecule has 4 N–H and O–H groups in total. The third-order valence-corrected chi connectivity index (χ3v) is 3.93. The molecule has 1 saturated heterocycles. The molecule has 1 aromatic rings. The summed E-state index contributed by atoms with van der Waals surface area (Å²) in [6.45, 7) is 7.22. The summed E-state index contributed by atoms with van der Waals surface area (Å²) < 4.78 is 0. The Morgan fingerprint density at radius 3 is 2.95 bits per heavy atom. The van der Waals surface area contributed by atoms with E-state index in [1.54, 1.807) is 6.07 Å². The number of hydrazine groups is 1. The zero-order chi connectivity index (χ0) is 14.5. The third-order valence-electron chi connectivity index (χ3n) is 3.93. The Hall–Kier alpha value is -1.59. The molecule has 20 heavy (non-hydrogen) atoms. The van der Waals surface area contributed by atoms with Crippen molar-refractivity contribution in [3.63, 3.8) is 0 Å². The monoisotopic (exact) mass is 276 g/mol. The summed E-state index contributed by atoms with van der Waals surface area (Å²) in [5, 5.41) is 3.13. The number of nitrogen functional groups attached to an aromatic ring is 1. The lowest BCUT2D eigenvalue weighted by Gasteiger charge is -2.32. The first-order valence-electron chi connectivity index (χ1n) is 7.24. The van der Waals surface area contributed by atoms with Crippen LogP contribution in [0.3, 0.4) is 0 Å². The summed E-state index contributed by atoms with van der Waals surface area (Å²) in [6.07, 6.45) is 2.21. The molecule has 1 aromatic carbocycles. The number of anilines is 1. The average Bonchev–Trinajstić information content (AvgIpc) is 2.47. The van der Waals surface area contributed by atoms with Gasteiger partial charge in [-0.2, -0.15) is 0 Å². The van der Waals surface area contributed by atoms with Crippen LogP contribution in [-0.2, 0) is 0 Å². The number of amides is 1. The van der Waals surface area contributed by atoms with E-state index >= 15 is 0 Å². The fourth-order valence-electron chi connectivity index (χ4n) is 2.70. The van der Waals surface area contributed by atoms with Crippen molar-refractivity contribution in [1.82, 2.24) is 10.2 Å². The predicted octanol–water partition coefficient (Wildman–Crippen LogP) is 1.49. The first kappa shape index (κ1) is 14.8. The van der Waals surface area contributed by atoms with Crippen LogP contribution in [0.15, 0.2) is 18.2 Å². The van der Waals surface area contributed by atoms with Crippen LogP contribution in [0.25, 0.3) is 0 Å². The van der Waals surface area contributed by atoms with Crippen LogP contribution in [-0.4, -0.2) is 36.5 Å². The van der Waals surface area contributed by atoms with E-state index in [0.29, 0.717) is 5.56 Å². The number of carbonyl (C=O) groups is 1. The summed E-state index contributed by atoms with van der Waals surface area (Å²) in [5.41, 5.74) is 5.12. The van der Waals surface area contributed by atoms with Gasteiger partial charge in [0.1, 0.15) is 0 Å². The van der Waals surface area contributed by atoms with Crippen LogP contribution >= 0.6 is 0 Å². The Morgan fingerprint density at radius 1 is 1.50 bits per heavy atom. The molecule has 1 heterocycles. The Bertz CT molecular complexity index is 475. The molecule has 0 radical (unpaired) electrons. The van der Waals surface area contributed by atoms with Gasteiger partial charge in [-0.1, -0.05) is 6.92 Å². The summed E-state index contributed by atoms with van der Waals surface area (Å²) in [5.74, 6) is 5.40. The van der Waals surface area contributed by atoms with Crippen molar-refractivity contribution in [2.45, 2.75) is 32.7 Å². The largest absolute Gasteiger partial charge is 0.348 e. The van der Waals surface area contributed by atoms with Gasteiger partial charge in [0.15, 0.2) is 0 Å². The number of piperidine rings is 1. The fourth-order valence-corrected chi connectivity index (χ4v) is 2.70. The van der Waals surface area contributed by atoms with E-state index in [4.69, 9.17) is 5.84 Å². The van der Waals surface area contributed by atoms with E-state index in [0.717, 1.165) is 43.7 Å². The number of aryl methyl sites for hydroxylation is 1. The molecule has 1 atom stereocenters. The van der Waals surface area contributed by atoms with Gasteiger partial charge in [0.25, 0.3) is 5.91 Å². The number of nitrogens with zero attached hydrogens (tertiary/aromatic N) is 1. The van der Waals surface area contributed by atoms with E-state index in [1.807, 2.05) is 19.1 Å². The van der Waals surface area contributed by atoms with Crippen LogP contribution in [0, 0.1) is 6.92 Å². The number of rotatable bonds is 4. The number of benzene rings is 1. The highest BCUT2D eigenvalue weighted by atomic mass is 16.1. The molecule has 0 spiro atoms. The molecule has 0 aromatic heterocycles. The molecule has 0 saturated carbocycles. The SMILES string of the molecule is CCN1CCCC(NC(=O)c2ccc(NN)c(C)c2)C1. The lowest BCUT2D eigenvalue weighted by molar-refractivity contribution is 0.0906. The van der Waals surface area contributed by atoms with Crippen molar-refractivity contribution in [2.75, 3.05) is 25.1 Å². The molecule has 1 unspecified atom stereocenters. The van der Waals surface area contributed by atoms with Crippen molar-refractivity contribution in [3.8, 4) is 0 Å². The highest BCUT2D eigenvalue weighted by Gasteiger charge is 2.20. The van der Waals surface area contributed by atoms with Crippen molar-refractivity contribution in [1.29, 1.82) is 0 Å². The van der Waals surface area contributed by atoms with Gasteiger partial charge in [-0.15, -0.1) is 0 Å². The van der Waals surface area contributed by atoms with Crippen LogP contribution in [0.5, 0.6) is 0 Å². The van der Waals surface area contributed by atoms with Crippen molar-refractivity contribution >= 4 is 11.6 Å². The Kier molecular flexibility index (Phi) is 4.98. The number of likely N-dealkylation sites (tertiary alicyclic amines) is 1. The minimum absolute atomic E-state index is 0.000348. The molecule has 110 valence electrons. The number of nitrogens with one attached hydrogen (secondary N) is 2. The van der Waals surface area contributed by atoms with Gasteiger partial charge < -0.3 is 15.6 Å². The molecule has 5 heteroatoms. The minimum atomic E-state index is -0.000348. The lowest BCUT2D eigenvalue weighted by Crippen LogP contribution is -2.47. The Balaban J connectivity index is 1.99. The quantitative estimate of drug-likeness (QED) is 0.576. The molecule has 1 fully saturated rings. The second kappa shape index (κ2) is 6.72. The van der Waals surface area contributed by atoms with Crippen molar-refractivity contribution in [3.05, 3.63) is 29.3 Å². The van der Waals surface area contributed by atoms with Gasteiger partial charge in [0, 0.05) is 18.2 Å². The maximum Gasteiger partial charge on any atom is 0.251 e. The fraction of sp³-hybridized carbons (Fsp3) is 0.533. The van der Waals surface area contributed by atoms with Crippen molar-refractivity contribution in [2.24, 2.45) is 5.84 Å². The van der Waals surface area contributed by atoms with E-state index < -0.39 is 0 Å². The normalized spacial score (nSPS) is 19.6. The average molecular weight is 276 g/mol. The van der Waals surface area contributed by atoms with E-state index in [1.165, 1.54) is 0 Å². The van der Waals surface area contributed by atoms with E-state index in [2.05, 4.69) is 22.6 Å². The van der Waals surface area contributed by atoms with Crippen LogP contribution in [0.1, 0.15) is 35.7 Å². The molecule has 0 aliphatic carbocycles. The van der Waals surface area contributed by atoms with E-state index in [-0.39, 0.29) is 11.9 Å². The van der Waals surface area contributed by atoms with Gasteiger partial charge in [-0.25, -0.2) is 0 Å². The first-order valence-corrected chi connectivity index (χ1v) is 7.24. The first-order chi connectivity index (χ1) is 9.63. The molecule has 2 rings (SSSR count). The van der Waals surface area contributed by atoms with Gasteiger partial charge in [0.05, 0.1) is 5.69 Å². The maximum atomic E-state index is 12.3. The summed E-state index contributed by atoms with van der Waals surface area (Å²) in [7, 11) is 0. The second-order valence-electron chi connectivity index (χ2n) is 5.38. The zero-order valence-corrected chi connectivity index (χ0v) is 12.3.